The van der Waals surface area contributed by atoms with Crippen LogP contribution in [-0.4, -0.2) is 4.40 Å². The first-order chi connectivity index (χ1) is 15.8. The molecule has 5 aromatic carbocycles. The van der Waals surface area contributed by atoms with E-state index in [1.807, 2.05) is 0 Å². The molecule has 0 aliphatic heterocycles. The summed E-state index contributed by atoms with van der Waals surface area (Å²) in [6.07, 6.45) is 0. The summed E-state index contributed by atoms with van der Waals surface area (Å²) in [6, 6.07) is 39.5. The highest BCUT2D eigenvalue weighted by Gasteiger charge is 2.19. The highest BCUT2D eigenvalue weighted by atomic mass is 79.9. The molecule has 0 N–H and O–H groups in total. The minimum atomic E-state index is 1.11. The first-order valence-corrected chi connectivity index (χ1v) is 11.6. The van der Waals surface area contributed by atoms with Crippen molar-refractivity contribution in [2.24, 2.45) is 0 Å². The van der Waals surface area contributed by atoms with E-state index in [0.717, 1.165) is 4.47 Å². The van der Waals surface area contributed by atoms with Crippen LogP contribution < -0.4 is 0 Å². The van der Waals surface area contributed by atoms with Crippen LogP contribution in [-0.2, 0) is 0 Å². The molecule has 0 fully saturated rings. The van der Waals surface area contributed by atoms with Crippen molar-refractivity contribution in [2.75, 3.05) is 0 Å². The summed E-state index contributed by atoms with van der Waals surface area (Å²) in [6.45, 7) is 0. The van der Waals surface area contributed by atoms with Crippen LogP contribution in [0.15, 0.2) is 114 Å². The maximum Gasteiger partial charge on any atom is 0.0620 e. The van der Waals surface area contributed by atoms with Gasteiger partial charge in [0.2, 0.25) is 0 Å². The third-order valence-corrected chi connectivity index (χ3v) is 7.06. The second-order valence-corrected chi connectivity index (χ2v) is 9.30. The molecule has 2 aromatic heterocycles. The quantitative estimate of drug-likeness (QED) is 0.237. The van der Waals surface area contributed by atoms with Gasteiger partial charge in [-0.15, -0.1) is 0 Å². The van der Waals surface area contributed by atoms with Crippen molar-refractivity contribution in [1.29, 1.82) is 0 Å². The molecule has 0 aliphatic carbocycles. The summed E-state index contributed by atoms with van der Waals surface area (Å²) in [5, 5.41) is 5.19. The van der Waals surface area contributed by atoms with Crippen molar-refractivity contribution >= 4 is 54.0 Å². The minimum Gasteiger partial charge on any atom is -0.308 e. The van der Waals surface area contributed by atoms with Gasteiger partial charge in [0.1, 0.15) is 0 Å². The van der Waals surface area contributed by atoms with Gasteiger partial charge < -0.3 is 4.40 Å². The van der Waals surface area contributed by atoms with Crippen molar-refractivity contribution in [3.63, 3.8) is 0 Å². The summed E-state index contributed by atoms with van der Waals surface area (Å²) in [5.41, 5.74) is 8.81. The zero-order chi connectivity index (χ0) is 21.2. The van der Waals surface area contributed by atoms with Crippen LogP contribution in [0.2, 0.25) is 0 Å². The highest BCUT2D eigenvalue weighted by molar-refractivity contribution is 9.10. The lowest BCUT2D eigenvalue weighted by Gasteiger charge is -2.05. The van der Waals surface area contributed by atoms with E-state index in [1.54, 1.807) is 0 Å². The average molecular weight is 472 g/mol. The van der Waals surface area contributed by atoms with Gasteiger partial charge in [0.05, 0.1) is 16.6 Å². The zero-order valence-electron chi connectivity index (χ0n) is 17.2. The first-order valence-electron chi connectivity index (χ1n) is 10.8. The molecular weight excluding hydrogens is 454 g/mol. The minimum absolute atomic E-state index is 1.11. The predicted octanol–water partition coefficient (Wildman–Crippen LogP) is 8.93. The van der Waals surface area contributed by atoms with Crippen LogP contribution in [0.3, 0.4) is 0 Å². The molecule has 7 rings (SSSR count). The Morgan fingerprint density at radius 2 is 0.969 bits per heavy atom. The number of hydrogen-bond donors (Lipinski definition) is 0. The van der Waals surface area contributed by atoms with Crippen molar-refractivity contribution < 1.29 is 0 Å². The van der Waals surface area contributed by atoms with Crippen LogP contribution in [0.25, 0.3) is 60.3 Å². The third-order valence-electron chi connectivity index (χ3n) is 6.57. The molecule has 0 saturated heterocycles. The van der Waals surface area contributed by atoms with E-state index in [9.17, 15) is 0 Å². The monoisotopic (exact) mass is 471 g/mol. The van der Waals surface area contributed by atoms with Gasteiger partial charge in [-0.2, -0.15) is 0 Å². The number of rotatable bonds is 2. The van der Waals surface area contributed by atoms with Gasteiger partial charge in [-0.3, -0.25) is 0 Å². The van der Waals surface area contributed by atoms with Gasteiger partial charge in [-0.25, -0.2) is 0 Å². The molecule has 0 unspecified atom stereocenters. The Bertz CT molecular complexity index is 1760. The number of nitrogens with zero attached hydrogens (tertiary/aromatic N) is 1. The molecule has 150 valence electrons. The van der Waals surface area contributed by atoms with Gasteiger partial charge in [-0.1, -0.05) is 82.7 Å². The van der Waals surface area contributed by atoms with Gasteiger partial charge in [0.15, 0.2) is 0 Å². The second kappa shape index (κ2) is 6.69. The lowest BCUT2D eigenvalue weighted by Crippen LogP contribution is -1.82. The van der Waals surface area contributed by atoms with E-state index in [1.165, 1.54) is 60.3 Å². The molecule has 0 radical (unpaired) electrons. The smallest absolute Gasteiger partial charge is 0.0620 e. The Balaban J connectivity index is 1.66. The van der Waals surface area contributed by atoms with Crippen molar-refractivity contribution in [1.82, 2.24) is 4.40 Å². The lowest BCUT2D eigenvalue weighted by atomic mass is 9.98. The fourth-order valence-electron chi connectivity index (χ4n) is 5.13. The van der Waals surface area contributed by atoms with Gasteiger partial charge in [0.25, 0.3) is 0 Å². The van der Waals surface area contributed by atoms with Crippen LogP contribution in [0.5, 0.6) is 0 Å². The molecule has 32 heavy (non-hydrogen) atoms. The predicted molar refractivity (Wildman–Crippen MR) is 140 cm³/mol. The number of hydrogen-bond acceptors (Lipinski definition) is 0. The van der Waals surface area contributed by atoms with Crippen LogP contribution in [0.4, 0.5) is 0 Å². The van der Waals surface area contributed by atoms with E-state index >= 15 is 0 Å². The van der Waals surface area contributed by atoms with E-state index in [-0.39, 0.29) is 0 Å². The Hall–Kier alpha value is -3.62. The summed E-state index contributed by atoms with van der Waals surface area (Å²) in [5.74, 6) is 0. The van der Waals surface area contributed by atoms with Gasteiger partial charge in [-0.05, 0) is 64.7 Å². The van der Waals surface area contributed by atoms with Crippen molar-refractivity contribution in [2.45, 2.75) is 0 Å². The molecule has 0 spiro atoms. The molecule has 2 heterocycles. The number of fused-ring (bicyclic) bond motifs is 6. The molecule has 0 atom stereocenters. The van der Waals surface area contributed by atoms with Crippen LogP contribution >= 0.6 is 15.9 Å². The molecular formula is C30H18BrN. The molecule has 0 aliphatic rings. The molecule has 7 aromatic rings. The topological polar surface area (TPSA) is 4.41 Å². The SMILES string of the molecule is Brc1ccc2c(c1)c1cc(-c3ccccc3)cc3c4cc(-c5ccccc5)ccc4n2c13. The Labute approximate surface area is 194 Å². The first kappa shape index (κ1) is 18.0. The zero-order valence-corrected chi connectivity index (χ0v) is 18.8. The average Bonchev–Trinajstić information content (AvgIpc) is 3.35. The molecule has 2 heteroatoms. The third kappa shape index (κ3) is 2.50. The van der Waals surface area contributed by atoms with E-state index in [2.05, 4.69) is 130 Å². The second-order valence-electron chi connectivity index (χ2n) is 8.38. The summed E-state index contributed by atoms with van der Waals surface area (Å²) >= 11 is 3.69. The highest BCUT2D eigenvalue weighted by Crippen LogP contribution is 2.43. The number of halogens is 1. The molecule has 0 amide bonds. The van der Waals surface area contributed by atoms with E-state index in [4.69, 9.17) is 0 Å². The van der Waals surface area contributed by atoms with Crippen LogP contribution in [0.1, 0.15) is 0 Å². The van der Waals surface area contributed by atoms with Crippen molar-refractivity contribution in [3.8, 4) is 22.3 Å². The van der Waals surface area contributed by atoms with E-state index < -0.39 is 0 Å². The Kier molecular flexibility index (Phi) is 3.76. The van der Waals surface area contributed by atoms with Crippen LogP contribution in [0, 0.1) is 0 Å². The number of benzene rings is 5. The van der Waals surface area contributed by atoms with E-state index in [0.29, 0.717) is 0 Å². The summed E-state index contributed by atoms with van der Waals surface area (Å²) in [4.78, 5) is 0. The lowest BCUT2D eigenvalue weighted by molar-refractivity contribution is 1.37. The Morgan fingerprint density at radius 3 is 1.62 bits per heavy atom. The number of aromatic nitrogens is 1. The molecule has 0 saturated carbocycles. The molecule has 0 bridgehead atoms. The van der Waals surface area contributed by atoms with Crippen molar-refractivity contribution in [3.05, 3.63) is 114 Å². The largest absolute Gasteiger partial charge is 0.308 e. The maximum absolute atomic E-state index is 3.69. The summed E-state index contributed by atoms with van der Waals surface area (Å²) < 4.78 is 3.54. The maximum atomic E-state index is 3.69. The normalized spacial score (nSPS) is 11.9. The summed E-state index contributed by atoms with van der Waals surface area (Å²) in [7, 11) is 0. The standard InChI is InChI=1S/C30H18BrN/c31-23-12-14-29-25(18-23)27-17-22(20-9-5-2-6-10-20)16-26-24-15-21(19-7-3-1-4-8-19)11-13-28(24)32(29)30(26)27/h1-18H. The fraction of sp³-hybridized carbons (Fsp3) is 0. The molecule has 1 nitrogen and oxygen atoms in total. The van der Waals surface area contributed by atoms with Gasteiger partial charge >= 0.3 is 0 Å². The Morgan fingerprint density at radius 1 is 0.438 bits per heavy atom. The fourth-order valence-corrected chi connectivity index (χ4v) is 5.49. The van der Waals surface area contributed by atoms with Gasteiger partial charge in [0, 0.05) is 26.0 Å².